The molecule has 94 valence electrons. The van der Waals surface area contributed by atoms with E-state index >= 15 is 0 Å². The molecule has 1 aliphatic heterocycles. The second kappa shape index (κ2) is 5.15. The Bertz CT molecular complexity index is 525. The number of amides is 1. The molecular formula is C12H11ClN2O3. The first kappa shape index (κ1) is 12.5. The van der Waals surface area contributed by atoms with Gasteiger partial charge >= 0.3 is 0 Å². The van der Waals surface area contributed by atoms with Crippen LogP contribution in [0.15, 0.2) is 12.1 Å². The van der Waals surface area contributed by atoms with Crippen molar-refractivity contribution in [2.45, 2.75) is 6.92 Å². The summed E-state index contributed by atoms with van der Waals surface area (Å²) in [6.07, 6.45) is 0. The topological polar surface area (TPSA) is 62.6 Å². The van der Waals surface area contributed by atoms with Crippen LogP contribution in [0.3, 0.4) is 0 Å². The zero-order valence-corrected chi connectivity index (χ0v) is 10.5. The lowest BCUT2D eigenvalue weighted by atomic mass is 10.1. The fraction of sp³-hybridized carbons (Fsp3) is 0.333. The minimum atomic E-state index is -0.251. The van der Waals surface area contributed by atoms with Crippen molar-refractivity contribution in [2.75, 3.05) is 19.9 Å². The quantitative estimate of drug-likeness (QED) is 0.786. The van der Waals surface area contributed by atoms with Gasteiger partial charge in [0.2, 0.25) is 6.79 Å². The molecule has 1 aromatic rings. The number of benzene rings is 1. The van der Waals surface area contributed by atoms with E-state index in [0.717, 1.165) is 0 Å². The van der Waals surface area contributed by atoms with Crippen LogP contribution in [-0.2, 0) is 0 Å². The molecule has 1 aliphatic rings. The van der Waals surface area contributed by atoms with E-state index in [1.54, 1.807) is 6.07 Å². The summed E-state index contributed by atoms with van der Waals surface area (Å²) in [4.78, 5) is 13.6. The monoisotopic (exact) mass is 266 g/mol. The highest BCUT2D eigenvalue weighted by Crippen LogP contribution is 2.39. The first-order valence-electron chi connectivity index (χ1n) is 5.42. The van der Waals surface area contributed by atoms with Crippen molar-refractivity contribution in [1.29, 1.82) is 5.26 Å². The molecule has 0 aromatic heterocycles. The molecule has 0 bridgehead atoms. The standard InChI is InChI=1S/C12H11ClN2O3/c1-2-15(4-3-14)12(16)8-5-9(13)11-10(6-8)17-7-18-11/h5-6H,2,4,7H2,1H3. The zero-order chi connectivity index (χ0) is 13.1. The van der Waals surface area contributed by atoms with Crippen LogP contribution in [0.1, 0.15) is 17.3 Å². The molecule has 1 amide bonds. The number of carbonyl (C=O) groups is 1. The zero-order valence-electron chi connectivity index (χ0n) is 9.77. The Labute approximate surface area is 109 Å². The molecule has 0 unspecified atom stereocenters. The molecule has 1 aromatic carbocycles. The van der Waals surface area contributed by atoms with E-state index in [1.165, 1.54) is 11.0 Å². The van der Waals surface area contributed by atoms with Gasteiger partial charge in [-0.1, -0.05) is 11.6 Å². The predicted octanol–water partition coefficient (Wildman–Crippen LogP) is 2.05. The van der Waals surface area contributed by atoms with Gasteiger partial charge in [-0.3, -0.25) is 4.79 Å². The molecule has 0 atom stereocenters. The highest BCUT2D eigenvalue weighted by molar-refractivity contribution is 6.32. The van der Waals surface area contributed by atoms with Gasteiger partial charge in [-0.15, -0.1) is 0 Å². The number of carbonyl (C=O) groups excluding carboxylic acids is 1. The normalized spacial score (nSPS) is 12.1. The maximum Gasteiger partial charge on any atom is 0.254 e. The summed E-state index contributed by atoms with van der Waals surface area (Å²) in [5.41, 5.74) is 0.390. The second-order valence-corrected chi connectivity index (χ2v) is 4.08. The van der Waals surface area contributed by atoms with Crippen LogP contribution >= 0.6 is 11.6 Å². The Kier molecular flexibility index (Phi) is 3.58. The predicted molar refractivity (Wildman–Crippen MR) is 64.8 cm³/mol. The molecule has 0 fully saturated rings. The lowest BCUT2D eigenvalue weighted by Crippen LogP contribution is -2.31. The van der Waals surface area contributed by atoms with Gasteiger partial charge in [0.25, 0.3) is 5.91 Å². The SMILES string of the molecule is CCN(CC#N)C(=O)c1cc(Cl)c2c(c1)OCO2. The molecule has 0 saturated heterocycles. The smallest absolute Gasteiger partial charge is 0.254 e. The van der Waals surface area contributed by atoms with Crippen molar-refractivity contribution in [3.63, 3.8) is 0 Å². The molecule has 2 rings (SSSR count). The van der Waals surface area contributed by atoms with Crippen LogP contribution in [0.5, 0.6) is 11.5 Å². The maximum atomic E-state index is 12.1. The van der Waals surface area contributed by atoms with Crippen LogP contribution in [0.4, 0.5) is 0 Å². The summed E-state index contributed by atoms with van der Waals surface area (Å²) >= 11 is 6.00. The minimum Gasteiger partial charge on any atom is -0.454 e. The van der Waals surface area contributed by atoms with Crippen molar-refractivity contribution < 1.29 is 14.3 Å². The van der Waals surface area contributed by atoms with Crippen LogP contribution in [0, 0.1) is 11.3 Å². The molecule has 0 saturated carbocycles. The first-order chi connectivity index (χ1) is 8.67. The third-order valence-electron chi connectivity index (χ3n) is 2.60. The molecule has 0 N–H and O–H groups in total. The van der Waals surface area contributed by atoms with Gasteiger partial charge in [-0.2, -0.15) is 5.26 Å². The average Bonchev–Trinajstić information content (AvgIpc) is 2.83. The van der Waals surface area contributed by atoms with Crippen LogP contribution in [-0.4, -0.2) is 30.7 Å². The maximum absolute atomic E-state index is 12.1. The largest absolute Gasteiger partial charge is 0.454 e. The molecule has 5 nitrogen and oxygen atoms in total. The van der Waals surface area contributed by atoms with Crippen LogP contribution in [0.2, 0.25) is 5.02 Å². The van der Waals surface area contributed by atoms with Crippen molar-refractivity contribution in [3.05, 3.63) is 22.7 Å². The Morgan fingerprint density at radius 3 is 3.00 bits per heavy atom. The van der Waals surface area contributed by atoms with Crippen LogP contribution in [0.25, 0.3) is 0 Å². The number of hydrogen-bond donors (Lipinski definition) is 0. The minimum absolute atomic E-state index is 0.0430. The molecule has 6 heteroatoms. The summed E-state index contributed by atoms with van der Waals surface area (Å²) in [5.74, 6) is 0.662. The fourth-order valence-corrected chi connectivity index (χ4v) is 1.95. The number of nitriles is 1. The van der Waals surface area contributed by atoms with E-state index in [0.29, 0.717) is 28.6 Å². The van der Waals surface area contributed by atoms with Gasteiger partial charge in [0.1, 0.15) is 6.54 Å². The molecule has 0 radical (unpaired) electrons. The Morgan fingerprint density at radius 2 is 2.33 bits per heavy atom. The van der Waals surface area contributed by atoms with Gasteiger partial charge in [0.15, 0.2) is 11.5 Å². The third kappa shape index (κ3) is 2.20. The third-order valence-corrected chi connectivity index (χ3v) is 2.89. The highest BCUT2D eigenvalue weighted by atomic mass is 35.5. The average molecular weight is 267 g/mol. The highest BCUT2D eigenvalue weighted by Gasteiger charge is 2.22. The summed E-state index contributed by atoms with van der Waals surface area (Å²) in [5, 5.41) is 8.99. The van der Waals surface area contributed by atoms with Gasteiger partial charge in [-0.05, 0) is 19.1 Å². The van der Waals surface area contributed by atoms with Gasteiger partial charge in [0, 0.05) is 12.1 Å². The first-order valence-corrected chi connectivity index (χ1v) is 5.80. The molecule has 18 heavy (non-hydrogen) atoms. The second-order valence-electron chi connectivity index (χ2n) is 3.67. The lowest BCUT2D eigenvalue weighted by Gasteiger charge is -2.17. The number of rotatable bonds is 3. The van der Waals surface area contributed by atoms with E-state index in [9.17, 15) is 4.79 Å². The van der Waals surface area contributed by atoms with Gasteiger partial charge in [-0.25, -0.2) is 0 Å². The van der Waals surface area contributed by atoms with Gasteiger partial charge in [0.05, 0.1) is 11.1 Å². The molecule has 0 aliphatic carbocycles. The van der Waals surface area contributed by atoms with Crippen molar-refractivity contribution in [3.8, 4) is 17.6 Å². The lowest BCUT2D eigenvalue weighted by molar-refractivity contribution is 0.0783. The van der Waals surface area contributed by atoms with Crippen molar-refractivity contribution >= 4 is 17.5 Å². The Hall–Kier alpha value is -1.93. The van der Waals surface area contributed by atoms with E-state index in [2.05, 4.69) is 0 Å². The van der Waals surface area contributed by atoms with Crippen LogP contribution < -0.4 is 9.47 Å². The number of fused-ring (bicyclic) bond motifs is 1. The summed E-state index contributed by atoms with van der Waals surface area (Å²) < 4.78 is 10.4. The summed E-state index contributed by atoms with van der Waals surface area (Å²) in [6, 6.07) is 5.06. The van der Waals surface area contributed by atoms with E-state index in [4.69, 9.17) is 26.3 Å². The fourth-order valence-electron chi connectivity index (χ4n) is 1.69. The number of ether oxygens (including phenoxy) is 2. The molecular weight excluding hydrogens is 256 g/mol. The number of nitrogens with zero attached hydrogens (tertiary/aromatic N) is 2. The van der Waals surface area contributed by atoms with E-state index < -0.39 is 0 Å². The van der Waals surface area contributed by atoms with E-state index in [1.807, 2.05) is 13.0 Å². The summed E-state index contributed by atoms with van der Waals surface area (Å²) in [6.45, 7) is 2.41. The van der Waals surface area contributed by atoms with Crippen molar-refractivity contribution in [2.24, 2.45) is 0 Å². The number of hydrogen-bond acceptors (Lipinski definition) is 4. The number of halogens is 1. The molecule has 1 heterocycles. The Morgan fingerprint density at radius 1 is 1.56 bits per heavy atom. The Balaban J connectivity index is 2.32. The van der Waals surface area contributed by atoms with Crippen molar-refractivity contribution in [1.82, 2.24) is 4.90 Å². The van der Waals surface area contributed by atoms with Gasteiger partial charge < -0.3 is 14.4 Å². The summed E-state index contributed by atoms with van der Waals surface area (Å²) in [7, 11) is 0. The van der Waals surface area contributed by atoms with E-state index in [-0.39, 0.29) is 19.2 Å². The molecule has 0 spiro atoms.